The van der Waals surface area contributed by atoms with E-state index in [0.717, 1.165) is 31.1 Å². The number of aliphatic hydroxyl groups excluding tert-OH is 1. The summed E-state index contributed by atoms with van der Waals surface area (Å²) in [7, 11) is 0. The normalized spacial score (nSPS) is 10.8. The fourth-order valence-corrected chi connectivity index (χ4v) is 1.27. The summed E-state index contributed by atoms with van der Waals surface area (Å²) in [6.45, 7) is 2.15. The lowest BCUT2D eigenvalue weighted by Gasteiger charge is -2.00. The number of aliphatic hydroxyl groups is 1. The first kappa shape index (κ1) is 9.78. The number of hydrogen-bond donors (Lipinski definition) is 1. The summed E-state index contributed by atoms with van der Waals surface area (Å²) >= 11 is 0. The number of nitrogens with zero attached hydrogens (tertiary/aromatic N) is 1. The van der Waals surface area contributed by atoms with Crippen molar-refractivity contribution >= 4 is 0 Å². The van der Waals surface area contributed by atoms with Crippen LogP contribution in [0.3, 0.4) is 0 Å². The van der Waals surface area contributed by atoms with E-state index in [1.807, 2.05) is 12.4 Å². The van der Waals surface area contributed by atoms with E-state index >= 15 is 0 Å². The molecule has 0 atom stereocenters. The molecule has 0 amide bonds. The van der Waals surface area contributed by atoms with Crippen molar-refractivity contribution < 1.29 is 5.11 Å². The standard InChI is InChI=1S/C11H15NO/c1-2-4-10-7-11(5-3-6-13)9-12-8-10/h3,6-9,13H,2,4-5H2,1H3. The predicted octanol–water partition coefficient (Wildman–Crippen LogP) is 2.65. The minimum absolute atomic E-state index is 0.751. The van der Waals surface area contributed by atoms with E-state index in [2.05, 4.69) is 18.0 Å². The number of rotatable bonds is 4. The van der Waals surface area contributed by atoms with E-state index in [1.54, 1.807) is 6.08 Å². The molecular formula is C11H15NO. The number of allylic oxidation sites excluding steroid dienone is 1. The van der Waals surface area contributed by atoms with Crippen molar-refractivity contribution in [3.05, 3.63) is 41.9 Å². The lowest BCUT2D eigenvalue weighted by atomic mass is 10.1. The van der Waals surface area contributed by atoms with E-state index in [1.165, 1.54) is 5.56 Å². The van der Waals surface area contributed by atoms with Crippen LogP contribution in [0.5, 0.6) is 0 Å². The van der Waals surface area contributed by atoms with Crippen LogP contribution in [-0.4, -0.2) is 10.1 Å². The van der Waals surface area contributed by atoms with Crippen molar-refractivity contribution in [1.29, 1.82) is 0 Å². The molecule has 0 radical (unpaired) electrons. The maximum Gasteiger partial charge on any atom is 0.0755 e. The van der Waals surface area contributed by atoms with Crippen LogP contribution >= 0.6 is 0 Å². The Balaban J connectivity index is 2.67. The minimum atomic E-state index is 0.751. The van der Waals surface area contributed by atoms with E-state index in [-0.39, 0.29) is 0 Å². The largest absolute Gasteiger partial charge is 0.516 e. The van der Waals surface area contributed by atoms with Gasteiger partial charge in [-0.25, -0.2) is 0 Å². The van der Waals surface area contributed by atoms with Gasteiger partial charge >= 0.3 is 0 Å². The van der Waals surface area contributed by atoms with Gasteiger partial charge in [0.2, 0.25) is 0 Å². The molecule has 2 nitrogen and oxygen atoms in total. The minimum Gasteiger partial charge on any atom is -0.516 e. The molecule has 0 aromatic carbocycles. The summed E-state index contributed by atoms with van der Waals surface area (Å²) in [6.07, 6.45) is 9.49. The highest BCUT2D eigenvalue weighted by atomic mass is 16.2. The van der Waals surface area contributed by atoms with Crippen LogP contribution in [0.25, 0.3) is 0 Å². The van der Waals surface area contributed by atoms with Gasteiger partial charge in [-0.15, -0.1) is 0 Å². The smallest absolute Gasteiger partial charge is 0.0755 e. The summed E-state index contributed by atoms with van der Waals surface area (Å²) in [6, 6.07) is 2.14. The molecule has 1 aromatic rings. The Morgan fingerprint density at radius 1 is 1.38 bits per heavy atom. The summed E-state index contributed by atoms with van der Waals surface area (Å²) in [5.41, 5.74) is 2.42. The highest BCUT2D eigenvalue weighted by Gasteiger charge is 1.94. The topological polar surface area (TPSA) is 33.1 Å². The summed E-state index contributed by atoms with van der Waals surface area (Å²) in [4.78, 5) is 4.14. The van der Waals surface area contributed by atoms with Gasteiger partial charge in [0.05, 0.1) is 6.26 Å². The van der Waals surface area contributed by atoms with Crippen LogP contribution in [0.2, 0.25) is 0 Å². The molecule has 13 heavy (non-hydrogen) atoms. The van der Waals surface area contributed by atoms with E-state index in [4.69, 9.17) is 5.11 Å². The SMILES string of the molecule is CCCc1cncc(CC=CO)c1. The summed E-state index contributed by atoms with van der Waals surface area (Å²) < 4.78 is 0. The molecular weight excluding hydrogens is 162 g/mol. The van der Waals surface area contributed by atoms with Crippen LogP contribution < -0.4 is 0 Å². The molecule has 0 aliphatic heterocycles. The van der Waals surface area contributed by atoms with E-state index < -0.39 is 0 Å². The molecule has 0 saturated heterocycles. The number of hydrogen-bond acceptors (Lipinski definition) is 2. The Morgan fingerprint density at radius 2 is 2.15 bits per heavy atom. The van der Waals surface area contributed by atoms with Gasteiger partial charge in [0.1, 0.15) is 0 Å². The molecule has 70 valence electrons. The maximum absolute atomic E-state index is 8.50. The lowest BCUT2D eigenvalue weighted by molar-refractivity contribution is 0.471. The predicted molar refractivity (Wildman–Crippen MR) is 53.7 cm³/mol. The fraction of sp³-hybridized carbons (Fsp3) is 0.364. The Bertz CT molecular complexity index is 281. The van der Waals surface area contributed by atoms with E-state index in [0.29, 0.717) is 0 Å². The van der Waals surface area contributed by atoms with Crippen molar-refractivity contribution in [2.24, 2.45) is 0 Å². The van der Waals surface area contributed by atoms with Crippen molar-refractivity contribution in [2.45, 2.75) is 26.2 Å². The molecule has 1 N–H and O–H groups in total. The third kappa shape index (κ3) is 3.28. The quantitative estimate of drug-likeness (QED) is 0.717. The number of aromatic nitrogens is 1. The van der Waals surface area contributed by atoms with Gasteiger partial charge < -0.3 is 5.11 Å². The van der Waals surface area contributed by atoms with Crippen LogP contribution in [0.15, 0.2) is 30.8 Å². The average molecular weight is 177 g/mol. The highest BCUT2D eigenvalue weighted by molar-refractivity contribution is 5.20. The molecule has 0 unspecified atom stereocenters. The van der Waals surface area contributed by atoms with Gasteiger partial charge in [0, 0.05) is 12.4 Å². The average Bonchev–Trinajstić information content (AvgIpc) is 2.16. The summed E-state index contributed by atoms with van der Waals surface area (Å²) in [5.74, 6) is 0. The second-order valence-electron chi connectivity index (χ2n) is 3.04. The van der Waals surface area contributed by atoms with Crippen molar-refractivity contribution in [3.8, 4) is 0 Å². The van der Waals surface area contributed by atoms with Crippen LogP contribution in [-0.2, 0) is 12.8 Å². The zero-order valence-electron chi connectivity index (χ0n) is 7.90. The Kier molecular flexibility index (Phi) is 4.03. The first-order chi connectivity index (χ1) is 6.36. The Labute approximate surface area is 78.9 Å². The molecule has 0 saturated carbocycles. The van der Waals surface area contributed by atoms with Gasteiger partial charge in [-0.2, -0.15) is 0 Å². The third-order valence-electron chi connectivity index (χ3n) is 1.85. The molecule has 2 heteroatoms. The molecule has 1 rings (SSSR count). The van der Waals surface area contributed by atoms with Gasteiger partial charge in [0.15, 0.2) is 0 Å². The second kappa shape index (κ2) is 5.36. The molecule has 0 aliphatic carbocycles. The zero-order chi connectivity index (χ0) is 9.52. The van der Waals surface area contributed by atoms with Crippen LogP contribution in [0.4, 0.5) is 0 Å². The highest BCUT2D eigenvalue weighted by Crippen LogP contribution is 2.06. The van der Waals surface area contributed by atoms with Crippen molar-refractivity contribution in [1.82, 2.24) is 4.98 Å². The monoisotopic (exact) mass is 177 g/mol. The number of aryl methyl sites for hydroxylation is 1. The lowest BCUT2D eigenvalue weighted by Crippen LogP contribution is -1.89. The second-order valence-corrected chi connectivity index (χ2v) is 3.04. The Morgan fingerprint density at radius 3 is 2.85 bits per heavy atom. The van der Waals surface area contributed by atoms with Crippen LogP contribution in [0.1, 0.15) is 24.5 Å². The fourth-order valence-electron chi connectivity index (χ4n) is 1.27. The maximum atomic E-state index is 8.50. The number of pyridine rings is 1. The first-order valence-corrected chi connectivity index (χ1v) is 4.59. The Hall–Kier alpha value is -1.31. The third-order valence-corrected chi connectivity index (χ3v) is 1.85. The molecule has 0 fully saturated rings. The molecule has 0 bridgehead atoms. The van der Waals surface area contributed by atoms with Crippen molar-refractivity contribution in [3.63, 3.8) is 0 Å². The van der Waals surface area contributed by atoms with Crippen molar-refractivity contribution in [2.75, 3.05) is 0 Å². The molecule has 1 aromatic heterocycles. The molecule has 0 aliphatic rings. The van der Waals surface area contributed by atoms with Gasteiger partial charge in [-0.1, -0.05) is 19.4 Å². The zero-order valence-corrected chi connectivity index (χ0v) is 7.90. The van der Waals surface area contributed by atoms with Crippen LogP contribution in [0, 0.1) is 0 Å². The summed E-state index contributed by atoms with van der Waals surface area (Å²) in [5, 5.41) is 8.50. The molecule has 1 heterocycles. The van der Waals surface area contributed by atoms with Gasteiger partial charge in [0.25, 0.3) is 0 Å². The van der Waals surface area contributed by atoms with E-state index in [9.17, 15) is 0 Å². The van der Waals surface area contributed by atoms with Gasteiger partial charge in [-0.3, -0.25) is 4.98 Å². The first-order valence-electron chi connectivity index (χ1n) is 4.59. The molecule has 0 spiro atoms. The van der Waals surface area contributed by atoms with Gasteiger partial charge in [-0.05, 0) is 30.0 Å².